The van der Waals surface area contributed by atoms with Crippen molar-refractivity contribution in [1.29, 1.82) is 0 Å². The van der Waals surface area contributed by atoms with Gasteiger partial charge >= 0.3 is 18.1 Å². The standard InChI is InChI=1S/C13H18O9/c1-4-11(14)21-18-9-7-6-8-17-13(16)19-10(3)20-22-12(15)5-2/h4-5,10H,1-2,6-9H2,3H3. The lowest BCUT2D eigenvalue weighted by atomic mass is 10.3. The zero-order chi connectivity index (χ0) is 16.8. The lowest BCUT2D eigenvalue weighted by Gasteiger charge is -2.11. The van der Waals surface area contributed by atoms with E-state index in [1.54, 1.807) is 0 Å². The fraction of sp³-hybridized carbons (Fsp3) is 0.462. The van der Waals surface area contributed by atoms with Gasteiger partial charge in [-0.15, -0.1) is 4.89 Å². The molecule has 9 nitrogen and oxygen atoms in total. The molecule has 1 atom stereocenters. The molecule has 0 heterocycles. The highest BCUT2D eigenvalue weighted by atomic mass is 17.2. The SMILES string of the molecule is C=CC(=O)OOCCCCOC(=O)OC(C)OOC(=O)C=C. The molecule has 0 aliphatic carbocycles. The lowest BCUT2D eigenvalue weighted by Crippen LogP contribution is -2.20. The first-order chi connectivity index (χ1) is 10.5. The van der Waals surface area contributed by atoms with Gasteiger partial charge in [0.05, 0.1) is 13.2 Å². The molecule has 124 valence electrons. The first kappa shape index (κ1) is 19.6. The van der Waals surface area contributed by atoms with Crippen LogP contribution in [0, 0.1) is 0 Å². The largest absolute Gasteiger partial charge is 0.510 e. The van der Waals surface area contributed by atoms with Crippen LogP contribution in [0.2, 0.25) is 0 Å². The van der Waals surface area contributed by atoms with Crippen LogP contribution in [0.15, 0.2) is 25.3 Å². The highest BCUT2D eigenvalue weighted by molar-refractivity contribution is 5.80. The van der Waals surface area contributed by atoms with Crippen LogP contribution in [0.5, 0.6) is 0 Å². The highest BCUT2D eigenvalue weighted by Crippen LogP contribution is 2.00. The Kier molecular flexibility index (Phi) is 11.0. The third kappa shape index (κ3) is 11.4. The van der Waals surface area contributed by atoms with Crippen LogP contribution in [0.1, 0.15) is 19.8 Å². The number of carbonyl (C=O) groups excluding carboxylic acids is 3. The Hall–Kier alpha value is -2.39. The van der Waals surface area contributed by atoms with Crippen LogP contribution < -0.4 is 0 Å². The predicted octanol–water partition coefficient (Wildman–Crippen LogP) is 1.59. The smallest absolute Gasteiger partial charge is 0.434 e. The Labute approximate surface area is 127 Å². The van der Waals surface area contributed by atoms with E-state index < -0.39 is 24.4 Å². The predicted molar refractivity (Wildman–Crippen MR) is 70.7 cm³/mol. The van der Waals surface area contributed by atoms with Crippen LogP contribution in [-0.4, -0.2) is 37.6 Å². The van der Waals surface area contributed by atoms with Crippen molar-refractivity contribution < 1.29 is 43.4 Å². The van der Waals surface area contributed by atoms with E-state index in [0.717, 1.165) is 12.2 Å². The van der Waals surface area contributed by atoms with Crippen molar-refractivity contribution in [1.82, 2.24) is 0 Å². The van der Waals surface area contributed by atoms with Crippen molar-refractivity contribution in [3.8, 4) is 0 Å². The molecule has 0 radical (unpaired) electrons. The van der Waals surface area contributed by atoms with E-state index in [1.807, 2.05) is 0 Å². The van der Waals surface area contributed by atoms with Crippen molar-refractivity contribution in [3.63, 3.8) is 0 Å². The summed E-state index contributed by atoms with van der Waals surface area (Å²) in [7, 11) is 0. The summed E-state index contributed by atoms with van der Waals surface area (Å²) in [5.41, 5.74) is 0. The van der Waals surface area contributed by atoms with E-state index in [1.165, 1.54) is 6.92 Å². The molecule has 0 saturated heterocycles. The van der Waals surface area contributed by atoms with E-state index in [-0.39, 0.29) is 13.2 Å². The monoisotopic (exact) mass is 318 g/mol. The molecule has 0 amide bonds. The zero-order valence-electron chi connectivity index (χ0n) is 12.1. The number of unbranched alkanes of at least 4 members (excludes halogenated alkanes) is 1. The van der Waals surface area contributed by atoms with E-state index in [9.17, 15) is 14.4 Å². The molecule has 0 aromatic heterocycles. The molecule has 0 bridgehead atoms. The molecule has 1 unspecified atom stereocenters. The van der Waals surface area contributed by atoms with Gasteiger partial charge in [0.1, 0.15) is 0 Å². The van der Waals surface area contributed by atoms with Gasteiger partial charge in [-0.2, -0.15) is 4.89 Å². The van der Waals surface area contributed by atoms with Crippen molar-refractivity contribution in [2.45, 2.75) is 26.1 Å². The molecule has 0 aliphatic rings. The minimum absolute atomic E-state index is 0.0662. The van der Waals surface area contributed by atoms with E-state index in [4.69, 9.17) is 4.74 Å². The van der Waals surface area contributed by atoms with Gasteiger partial charge in [0.2, 0.25) is 6.29 Å². The van der Waals surface area contributed by atoms with Crippen LogP contribution in [0.25, 0.3) is 0 Å². The maximum absolute atomic E-state index is 11.2. The van der Waals surface area contributed by atoms with E-state index in [2.05, 4.69) is 37.4 Å². The second-order valence-corrected chi connectivity index (χ2v) is 3.62. The normalized spacial score (nSPS) is 11.0. The first-order valence-electron chi connectivity index (χ1n) is 6.28. The van der Waals surface area contributed by atoms with Crippen molar-refractivity contribution in [2.24, 2.45) is 0 Å². The van der Waals surface area contributed by atoms with Gasteiger partial charge in [-0.05, 0) is 12.8 Å². The maximum atomic E-state index is 11.2. The van der Waals surface area contributed by atoms with Gasteiger partial charge in [0.15, 0.2) is 0 Å². The number of hydrogen-bond acceptors (Lipinski definition) is 9. The molecule has 0 N–H and O–H groups in total. The van der Waals surface area contributed by atoms with Crippen LogP contribution in [0.3, 0.4) is 0 Å². The van der Waals surface area contributed by atoms with Gasteiger partial charge in [0, 0.05) is 19.1 Å². The minimum Gasteiger partial charge on any atom is -0.434 e. The van der Waals surface area contributed by atoms with Gasteiger partial charge < -0.3 is 9.47 Å². The summed E-state index contributed by atoms with van der Waals surface area (Å²) in [6, 6.07) is 0. The minimum atomic E-state index is -1.13. The molecule has 22 heavy (non-hydrogen) atoms. The first-order valence-corrected chi connectivity index (χ1v) is 6.28. The van der Waals surface area contributed by atoms with Crippen LogP contribution in [-0.2, 0) is 38.6 Å². The fourth-order valence-electron chi connectivity index (χ4n) is 0.891. The van der Waals surface area contributed by atoms with Gasteiger partial charge in [0.25, 0.3) is 0 Å². The van der Waals surface area contributed by atoms with E-state index in [0.29, 0.717) is 12.8 Å². The van der Waals surface area contributed by atoms with Crippen molar-refractivity contribution in [2.75, 3.05) is 13.2 Å². The van der Waals surface area contributed by atoms with Gasteiger partial charge in [-0.1, -0.05) is 13.2 Å². The highest BCUT2D eigenvalue weighted by Gasteiger charge is 2.13. The third-order valence-electron chi connectivity index (χ3n) is 1.84. The lowest BCUT2D eigenvalue weighted by molar-refractivity contribution is -0.334. The number of carbonyl (C=O) groups is 3. The van der Waals surface area contributed by atoms with Crippen molar-refractivity contribution in [3.05, 3.63) is 25.3 Å². The zero-order valence-corrected chi connectivity index (χ0v) is 12.1. The van der Waals surface area contributed by atoms with Crippen LogP contribution in [0.4, 0.5) is 4.79 Å². The Morgan fingerprint density at radius 3 is 2.23 bits per heavy atom. The number of rotatable bonds is 11. The molecule has 0 spiro atoms. The topological polar surface area (TPSA) is 107 Å². The number of ether oxygens (including phenoxy) is 2. The summed E-state index contributed by atoms with van der Waals surface area (Å²) in [5.74, 6) is -1.51. The second kappa shape index (κ2) is 12.4. The summed E-state index contributed by atoms with van der Waals surface area (Å²) >= 11 is 0. The van der Waals surface area contributed by atoms with Crippen LogP contribution >= 0.6 is 0 Å². The molecule has 0 aliphatic heterocycles. The molecule has 0 aromatic rings. The van der Waals surface area contributed by atoms with Gasteiger partial charge in [-0.3, -0.25) is 9.78 Å². The molecule has 0 fully saturated rings. The molecule has 0 saturated carbocycles. The maximum Gasteiger partial charge on any atom is 0.510 e. The van der Waals surface area contributed by atoms with E-state index >= 15 is 0 Å². The quantitative estimate of drug-likeness (QED) is 0.140. The Balaban J connectivity index is 3.53. The Morgan fingerprint density at radius 2 is 1.59 bits per heavy atom. The summed E-state index contributed by atoms with van der Waals surface area (Å²) in [4.78, 5) is 49.9. The third-order valence-corrected chi connectivity index (χ3v) is 1.84. The summed E-state index contributed by atoms with van der Waals surface area (Å²) in [6.07, 6.45) is 0.690. The van der Waals surface area contributed by atoms with Crippen molar-refractivity contribution >= 4 is 18.1 Å². The molecular weight excluding hydrogens is 300 g/mol. The molecular formula is C13H18O9. The summed E-state index contributed by atoms with van der Waals surface area (Å²) < 4.78 is 9.33. The fourth-order valence-corrected chi connectivity index (χ4v) is 0.891. The average molecular weight is 318 g/mol. The molecule has 9 heteroatoms. The summed E-state index contributed by atoms with van der Waals surface area (Å²) in [6.45, 7) is 7.89. The second-order valence-electron chi connectivity index (χ2n) is 3.62. The Morgan fingerprint density at radius 1 is 1.00 bits per heavy atom. The Bertz CT molecular complexity index is 391. The number of hydrogen-bond donors (Lipinski definition) is 0. The molecule has 0 aromatic carbocycles. The van der Waals surface area contributed by atoms with Gasteiger partial charge in [-0.25, -0.2) is 14.4 Å². The summed E-state index contributed by atoms with van der Waals surface area (Å²) in [5, 5.41) is 0. The average Bonchev–Trinajstić information content (AvgIpc) is 2.51. The molecule has 0 rings (SSSR count).